The summed E-state index contributed by atoms with van der Waals surface area (Å²) in [6, 6.07) is 18.3. The van der Waals surface area contributed by atoms with E-state index in [1.165, 1.54) is 3.57 Å². The van der Waals surface area contributed by atoms with Gasteiger partial charge in [-0.15, -0.1) is 0 Å². The lowest BCUT2D eigenvalue weighted by Gasteiger charge is -2.21. The lowest BCUT2D eigenvalue weighted by molar-refractivity contribution is 0.917. The van der Waals surface area contributed by atoms with Crippen molar-refractivity contribution in [1.82, 2.24) is 19.5 Å². The maximum Gasteiger partial charge on any atom is 0.231 e. The second kappa shape index (κ2) is 6.79. The smallest absolute Gasteiger partial charge is 0.231 e. The summed E-state index contributed by atoms with van der Waals surface area (Å²) in [5.74, 6) is 1.49. The molecule has 0 aliphatic carbocycles. The minimum atomic E-state index is 0.679. The molecule has 0 unspecified atom stereocenters. The molecular formula is C19H16IN5. The van der Waals surface area contributed by atoms with E-state index in [2.05, 4.69) is 68.6 Å². The van der Waals surface area contributed by atoms with Crippen molar-refractivity contribution < 1.29 is 0 Å². The number of imidazole rings is 1. The third-order valence-electron chi connectivity index (χ3n) is 4.01. The molecule has 2 aromatic carbocycles. The second-order valence-corrected chi connectivity index (χ2v) is 6.79. The van der Waals surface area contributed by atoms with E-state index in [9.17, 15) is 0 Å². The van der Waals surface area contributed by atoms with Crippen LogP contribution < -0.4 is 4.90 Å². The van der Waals surface area contributed by atoms with Crippen LogP contribution in [0.1, 0.15) is 6.92 Å². The molecule has 124 valence electrons. The molecule has 0 amide bonds. The van der Waals surface area contributed by atoms with Crippen molar-refractivity contribution in [3.63, 3.8) is 0 Å². The van der Waals surface area contributed by atoms with Crippen LogP contribution in [-0.4, -0.2) is 26.1 Å². The van der Waals surface area contributed by atoms with Gasteiger partial charge in [-0.3, -0.25) is 4.57 Å². The second-order valence-electron chi connectivity index (χ2n) is 5.54. The van der Waals surface area contributed by atoms with Gasteiger partial charge in [0.25, 0.3) is 0 Å². The molecule has 0 atom stereocenters. The first-order valence-electron chi connectivity index (χ1n) is 8.05. The summed E-state index contributed by atoms with van der Waals surface area (Å²) in [5.41, 5.74) is 3.07. The summed E-state index contributed by atoms with van der Waals surface area (Å²) in [5, 5.41) is 0. The van der Waals surface area contributed by atoms with Crippen LogP contribution in [0.15, 0.2) is 67.1 Å². The van der Waals surface area contributed by atoms with Gasteiger partial charge in [-0.2, -0.15) is 4.98 Å². The van der Waals surface area contributed by atoms with Crippen molar-refractivity contribution in [2.75, 3.05) is 11.4 Å². The maximum absolute atomic E-state index is 4.78. The molecule has 4 rings (SSSR count). The lowest BCUT2D eigenvalue weighted by Crippen LogP contribution is -2.19. The largest absolute Gasteiger partial charge is 0.311 e. The van der Waals surface area contributed by atoms with Crippen molar-refractivity contribution in [2.24, 2.45) is 0 Å². The highest BCUT2D eigenvalue weighted by Gasteiger charge is 2.12. The Bertz CT molecular complexity index is 1010. The van der Waals surface area contributed by atoms with Gasteiger partial charge in [0, 0.05) is 22.0 Å². The van der Waals surface area contributed by atoms with Gasteiger partial charge in [0.05, 0.1) is 11.0 Å². The Labute approximate surface area is 159 Å². The fourth-order valence-corrected chi connectivity index (χ4v) is 3.29. The summed E-state index contributed by atoms with van der Waals surface area (Å²) >= 11 is 2.31. The predicted octanol–water partition coefficient (Wildman–Crippen LogP) is 4.58. The van der Waals surface area contributed by atoms with Gasteiger partial charge >= 0.3 is 0 Å². The molecular weight excluding hydrogens is 425 g/mol. The number of aromatic nitrogens is 4. The highest BCUT2D eigenvalue weighted by molar-refractivity contribution is 14.1. The van der Waals surface area contributed by atoms with E-state index in [-0.39, 0.29) is 0 Å². The minimum absolute atomic E-state index is 0.679. The third kappa shape index (κ3) is 3.09. The molecule has 4 aromatic rings. The third-order valence-corrected chi connectivity index (χ3v) is 4.68. The lowest BCUT2D eigenvalue weighted by atomic mass is 10.3. The average Bonchev–Trinajstić information content (AvgIpc) is 3.06. The summed E-state index contributed by atoms with van der Waals surface area (Å²) in [6.07, 6.45) is 3.61. The SMILES string of the molecule is CCN(c1ccccc1)c1nccc(-n2cnc3ccc(I)cc32)n1. The van der Waals surface area contributed by atoms with Crippen LogP contribution >= 0.6 is 22.6 Å². The van der Waals surface area contributed by atoms with Gasteiger partial charge in [-0.25, -0.2) is 9.97 Å². The first-order valence-corrected chi connectivity index (χ1v) is 9.13. The number of anilines is 2. The number of rotatable bonds is 4. The normalized spacial score (nSPS) is 11.0. The number of nitrogens with zero attached hydrogens (tertiary/aromatic N) is 5. The van der Waals surface area contributed by atoms with Crippen molar-refractivity contribution in [2.45, 2.75) is 6.92 Å². The van der Waals surface area contributed by atoms with Crippen molar-refractivity contribution in [1.29, 1.82) is 0 Å². The van der Waals surface area contributed by atoms with Gasteiger partial charge in [0.1, 0.15) is 12.1 Å². The Hall–Kier alpha value is -2.48. The Morgan fingerprint density at radius 1 is 1.04 bits per heavy atom. The van der Waals surface area contributed by atoms with Gasteiger partial charge in [-0.1, -0.05) is 18.2 Å². The predicted molar refractivity (Wildman–Crippen MR) is 108 cm³/mol. The highest BCUT2D eigenvalue weighted by Crippen LogP contribution is 2.24. The standard InChI is InChI=1S/C19H16IN5/c1-2-24(15-6-4-3-5-7-15)19-21-11-10-18(23-19)25-13-22-16-9-8-14(20)12-17(16)25/h3-13H,2H2,1H3. The molecule has 6 heteroatoms. The zero-order chi connectivity index (χ0) is 17.2. The van der Waals surface area contributed by atoms with Gasteiger partial charge in [-0.05, 0) is 65.9 Å². The van der Waals surface area contributed by atoms with E-state index in [1.54, 1.807) is 6.20 Å². The zero-order valence-corrected chi connectivity index (χ0v) is 15.8. The van der Waals surface area contributed by atoms with E-state index in [0.717, 1.165) is 29.1 Å². The molecule has 0 saturated carbocycles. The summed E-state index contributed by atoms with van der Waals surface area (Å²) in [4.78, 5) is 15.8. The van der Waals surface area contributed by atoms with Crippen LogP contribution in [0.5, 0.6) is 0 Å². The van der Waals surface area contributed by atoms with Crippen LogP contribution in [0.2, 0.25) is 0 Å². The summed E-state index contributed by atoms with van der Waals surface area (Å²) in [7, 11) is 0. The summed E-state index contributed by atoms with van der Waals surface area (Å²) in [6.45, 7) is 2.88. The van der Waals surface area contributed by atoms with Crippen molar-refractivity contribution in [3.05, 3.63) is 70.7 Å². The molecule has 25 heavy (non-hydrogen) atoms. The number of para-hydroxylation sites is 1. The molecule has 0 N–H and O–H groups in total. The number of benzene rings is 2. The number of halogens is 1. The Morgan fingerprint density at radius 2 is 1.88 bits per heavy atom. The quantitative estimate of drug-likeness (QED) is 0.435. The first kappa shape index (κ1) is 16.0. The fraction of sp³-hybridized carbons (Fsp3) is 0.105. The van der Waals surface area contributed by atoms with E-state index in [4.69, 9.17) is 4.98 Å². The van der Waals surface area contributed by atoms with Gasteiger partial charge < -0.3 is 4.90 Å². The fourth-order valence-electron chi connectivity index (χ4n) is 2.81. The molecule has 0 aliphatic rings. The van der Waals surface area contributed by atoms with Crippen molar-refractivity contribution in [3.8, 4) is 5.82 Å². The zero-order valence-electron chi connectivity index (χ0n) is 13.7. The first-order chi connectivity index (χ1) is 12.3. The molecule has 2 heterocycles. The molecule has 0 fully saturated rings. The molecule has 0 saturated heterocycles. The molecule has 0 bridgehead atoms. The van der Waals surface area contributed by atoms with Gasteiger partial charge in [0.15, 0.2) is 0 Å². The monoisotopic (exact) mass is 441 g/mol. The van der Waals surface area contributed by atoms with Crippen molar-refractivity contribution >= 4 is 45.3 Å². The topological polar surface area (TPSA) is 46.8 Å². The van der Waals surface area contributed by atoms with Crippen LogP contribution in [0.3, 0.4) is 0 Å². The Kier molecular flexibility index (Phi) is 4.35. The van der Waals surface area contributed by atoms with Gasteiger partial charge in [0.2, 0.25) is 5.95 Å². The highest BCUT2D eigenvalue weighted by atomic mass is 127. The molecule has 5 nitrogen and oxygen atoms in total. The number of hydrogen-bond donors (Lipinski definition) is 0. The summed E-state index contributed by atoms with van der Waals surface area (Å²) < 4.78 is 3.17. The average molecular weight is 441 g/mol. The van der Waals surface area contributed by atoms with E-state index in [0.29, 0.717) is 5.95 Å². The Balaban J connectivity index is 1.80. The van der Waals surface area contributed by atoms with Crippen LogP contribution in [0, 0.1) is 3.57 Å². The molecule has 0 radical (unpaired) electrons. The molecule has 0 spiro atoms. The minimum Gasteiger partial charge on any atom is -0.311 e. The van der Waals surface area contributed by atoms with E-state index >= 15 is 0 Å². The van der Waals surface area contributed by atoms with E-state index in [1.807, 2.05) is 41.2 Å². The van der Waals surface area contributed by atoms with Crippen LogP contribution in [0.4, 0.5) is 11.6 Å². The maximum atomic E-state index is 4.78. The Morgan fingerprint density at radius 3 is 2.68 bits per heavy atom. The molecule has 2 aromatic heterocycles. The number of fused-ring (bicyclic) bond motifs is 1. The van der Waals surface area contributed by atoms with Crippen LogP contribution in [0.25, 0.3) is 16.9 Å². The van der Waals surface area contributed by atoms with E-state index < -0.39 is 0 Å². The van der Waals surface area contributed by atoms with Crippen LogP contribution in [-0.2, 0) is 0 Å². The number of hydrogen-bond acceptors (Lipinski definition) is 4. The molecule has 0 aliphatic heterocycles.